The van der Waals surface area contributed by atoms with Gasteiger partial charge in [0.1, 0.15) is 5.01 Å². The molecule has 0 spiro atoms. The third-order valence-corrected chi connectivity index (χ3v) is 4.62. The lowest BCUT2D eigenvalue weighted by atomic mass is 10.1. The number of hydrogen-bond donors (Lipinski definition) is 2. The lowest BCUT2D eigenvalue weighted by molar-refractivity contribution is 0.185. The minimum atomic E-state index is 0. The van der Waals surface area contributed by atoms with Gasteiger partial charge in [0.05, 0.1) is 25.4 Å². The van der Waals surface area contributed by atoms with Crippen LogP contribution in [-0.4, -0.2) is 24.6 Å². The molecule has 0 amide bonds. The van der Waals surface area contributed by atoms with Crippen molar-refractivity contribution in [1.82, 2.24) is 15.6 Å². The van der Waals surface area contributed by atoms with Crippen LogP contribution >= 0.6 is 35.3 Å². The van der Waals surface area contributed by atoms with Crippen LogP contribution in [0.1, 0.15) is 33.6 Å². The number of thiazole rings is 1. The van der Waals surface area contributed by atoms with Gasteiger partial charge in [-0.15, -0.1) is 35.3 Å². The number of nitrogens with one attached hydrogen (secondary N) is 2. The molecule has 138 valence electrons. The Morgan fingerprint density at radius 2 is 2.00 bits per heavy atom. The minimum absolute atomic E-state index is 0. The van der Waals surface area contributed by atoms with Crippen LogP contribution in [0.25, 0.3) is 0 Å². The Hall–Kier alpha value is -1.19. The minimum Gasteiger partial charge on any atom is -0.380 e. The number of nitrogens with zero attached hydrogens (tertiary/aromatic N) is 2. The molecule has 0 radical (unpaired) electrons. The number of methoxy groups -OCH3 is 1. The molecule has 0 saturated carbocycles. The highest BCUT2D eigenvalue weighted by Crippen LogP contribution is 2.15. The number of guanidine groups is 1. The molecule has 0 unspecified atom stereocenters. The van der Waals surface area contributed by atoms with Gasteiger partial charge >= 0.3 is 0 Å². The van der Waals surface area contributed by atoms with E-state index in [9.17, 15) is 0 Å². The first-order valence-corrected chi connectivity index (χ1v) is 8.95. The van der Waals surface area contributed by atoms with E-state index in [1.165, 1.54) is 10.4 Å². The SMILES string of the molecule is CCNC(=NCc1cccc(COC)c1)NCc1nc(C)c(C)s1.I. The number of rotatable bonds is 7. The standard InChI is InChI=1S/C18H26N4OS.HI/c1-5-19-18(21-11-17-22-13(2)14(3)24-17)20-10-15-7-6-8-16(9-15)12-23-4;/h6-9H,5,10-12H2,1-4H3,(H2,19,20,21);1H. The second-order valence-corrected chi connectivity index (χ2v) is 6.84. The molecule has 1 aromatic heterocycles. The molecule has 25 heavy (non-hydrogen) atoms. The van der Waals surface area contributed by atoms with Crippen molar-refractivity contribution in [3.63, 3.8) is 0 Å². The molecule has 1 aromatic carbocycles. The van der Waals surface area contributed by atoms with Crippen molar-refractivity contribution in [3.05, 3.63) is 51.0 Å². The van der Waals surface area contributed by atoms with Crippen LogP contribution in [0.5, 0.6) is 0 Å². The van der Waals surface area contributed by atoms with Crippen LogP contribution in [0.4, 0.5) is 0 Å². The maximum Gasteiger partial charge on any atom is 0.191 e. The zero-order valence-corrected chi connectivity index (χ0v) is 18.4. The summed E-state index contributed by atoms with van der Waals surface area (Å²) in [4.78, 5) is 10.5. The van der Waals surface area contributed by atoms with Gasteiger partial charge in [-0.1, -0.05) is 24.3 Å². The van der Waals surface area contributed by atoms with Gasteiger partial charge in [-0.05, 0) is 31.9 Å². The van der Waals surface area contributed by atoms with Crippen molar-refractivity contribution in [1.29, 1.82) is 0 Å². The number of ether oxygens (including phenoxy) is 1. The van der Waals surface area contributed by atoms with Gasteiger partial charge in [0, 0.05) is 18.5 Å². The first-order valence-electron chi connectivity index (χ1n) is 8.14. The van der Waals surface area contributed by atoms with E-state index in [1.807, 2.05) is 13.0 Å². The third-order valence-electron chi connectivity index (χ3n) is 3.55. The molecule has 1 heterocycles. The van der Waals surface area contributed by atoms with E-state index < -0.39 is 0 Å². The molecule has 7 heteroatoms. The van der Waals surface area contributed by atoms with Gasteiger partial charge in [-0.3, -0.25) is 0 Å². The average Bonchev–Trinajstić information content (AvgIpc) is 2.89. The van der Waals surface area contributed by atoms with Crippen molar-refractivity contribution in [2.45, 2.75) is 40.5 Å². The normalized spacial score (nSPS) is 11.1. The summed E-state index contributed by atoms with van der Waals surface area (Å²) in [5.74, 6) is 0.806. The molecule has 0 aliphatic rings. The first kappa shape index (κ1) is 21.9. The summed E-state index contributed by atoms with van der Waals surface area (Å²) in [7, 11) is 1.71. The number of aliphatic imine (C=N–C) groups is 1. The zero-order valence-electron chi connectivity index (χ0n) is 15.3. The summed E-state index contributed by atoms with van der Waals surface area (Å²) in [6.45, 7) is 8.97. The van der Waals surface area contributed by atoms with Crippen LogP contribution in [0.2, 0.25) is 0 Å². The summed E-state index contributed by atoms with van der Waals surface area (Å²) in [5, 5.41) is 7.71. The Morgan fingerprint density at radius 1 is 1.24 bits per heavy atom. The molecular formula is C18H27IN4OS. The highest BCUT2D eigenvalue weighted by molar-refractivity contribution is 14.0. The summed E-state index contributed by atoms with van der Waals surface area (Å²) in [5.41, 5.74) is 3.44. The van der Waals surface area contributed by atoms with Gasteiger partial charge in [0.15, 0.2) is 5.96 Å². The van der Waals surface area contributed by atoms with Gasteiger partial charge in [-0.25, -0.2) is 9.98 Å². The summed E-state index contributed by atoms with van der Waals surface area (Å²) >= 11 is 1.73. The molecular weight excluding hydrogens is 447 g/mol. The fourth-order valence-corrected chi connectivity index (χ4v) is 3.14. The molecule has 2 N–H and O–H groups in total. The maximum atomic E-state index is 5.18. The van der Waals surface area contributed by atoms with Crippen LogP contribution in [0, 0.1) is 13.8 Å². The van der Waals surface area contributed by atoms with Gasteiger partial charge in [0.2, 0.25) is 0 Å². The number of benzene rings is 1. The fourth-order valence-electron chi connectivity index (χ4n) is 2.27. The molecule has 0 aliphatic carbocycles. The first-order chi connectivity index (χ1) is 11.6. The monoisotopic (exact) mass is 474 g/mol. The van der Waals surface area contributed by atoms with Gasteiger partial charge in [0.25, 0.3) is 0 Å². The highest BCUT2D eigenvalue weighted by atomic mass is 127. The zero-order chi connectivity index (χ0) is 17.4. The Morgan fingerprint density at radius 3 is 2.64 bits per heavy atom. The van der Waals surface area contributed by atoms with E-state index in [4.69, 9.17) is 4.74 Å². The Kier molecular flexibility index (Phi) is 9.99. The highest BCUT2D eigenvalue weighted by Gasteiger charge is 2.05. The number of aryl methyl sites for hydroxylation is 2. The summed E-state index contributed by atoms with van der Waals surface area (Å²) < 4.78 is 5.18. The van der Waals surface area contributed by atoms with E-state index in [0.717, 1.165) is 28.8 Å². The van der Waals surface area contributed by atoms with E-state index >= 15 is 0 Å². The van der Waals surface area contributed by atoms with Crippen molar-refractivity contribution in [2.75, 3.05) is 13.7 Å². The molecule has 0 saturated heterocycles. The molecule has 0 fully saturated rings. The van der Waals surface area contributed by atoms with Gasteiger partial charge < -0.3 is 15.4 Å². The van der Waals surface area contributed by atoms with Gasteiger partial charge in [-0.2, -0.15) is 0 Å². The molecule has 0 bridgehead atoms. The quantitative estimate of drug-likeness (QED) is 0.365. The fraction of sp³-hybridized carbons (Fsp3) is 0.444. The van der Waals surface area contributed by atoms with Crippen LogP contribution in [0.15, 0.2) is 29.3 Å². The molecule has 2 rings (SSSR count). The number of aromatic nitrogens is 1. The Bertz CT molecular complexity index is 668. The third kappa shape index (κ3) is 7.29. The smallest absolute Gasteiger partial charge is 0.191 e. The van der Waals surface area contributed by atoms with Crippen molar-refractivity contribution in [2.24, 2.45) is 4.99 Å². The van der Waals surface area contributed by atoms with Crippen LogP contribution in [-0.2, 0) is 24.4 Å². The van der Waals surface area contributed by atoms with E-state index in [0.29, 0.717) is 19.7 Å². The number of hydrogen-bond acceptors (Lipinski definition) is 4. The average molecular weight is 474 g/mol. The Balaban J connectivity index is 0.00000312. The van der Waals surface area contributed by atoms with Crippen molar-refractivity contribution >= 4 is 41.3 Å². The topological polar surface area (TPSA) is 58.5 Å². The lowest BCUT2D eigenvalue weighted by Crippen LogP contribution is -2.36. The van der Waals surface area contributed by atoms with E-state index in [-0.39, 0.29) is 24.0 Å². The van der Waals surface area contributed by atoms with Crippen molar-refractivity contribution < 1.29 is 4.74 Å². The predicted molar refractivity (Wildman–Crippen MR) is 116 cm³/mol. The molecule has 0 atom stereocenters. The largest absolute Gasteiger partial charge is 0.380 e. The maximum absolute atomic E-state index is 5.18. The van der Waals surface area contributed by atoms with E-state index in [1.54, 1.807) is 18.4 Å². The summed E-state index contributed by atoms with van der Waals surface area (Å²) in [6.07, 6.45) is 0. The molecule has 5 nitrogen and oxygen atoms in total. The lowest BCUT2D eigenvalue weighted by Gasteiger charge is -2.10. The second-order valence-electron chi connectivity index (χ2n) is 5.55. The Labute approximate surface area is 171 Å². The van der Waals surface area contributed by atoms with Crippen molar-refractivity contribution in [3.8, 4) is 0 Å². The molecule has 0 aliphatic heterocycles. The van der Waals surface area contributed by atoms with E-state index in [2.05, 4.69) is 52.7 Å². The summed E-state index contributed by atoms with van der Waals surface area (Å²) in [6, 6.07) is 8.32. The second kappa shape index (κ2) is 11.4. The number of halogens is 1. The van der Waals surface area contributed by atoms with Crippen LogP contribution < -0.4 is 10.6 Å². The predicted octanol–water partition coefficient (Wildman–Crippen LogP) is 3.78. The molecule has 2 aromatic rings. The van der Waals surface area contributed by atoms with Crippen LogP contribution in [0.3, 0.4) is 0 Å².